The van der Waals surface area contributed by atoms with Crippen LogP contribution in [-0.2, 0) is 0 Å². The minimum Gasteiger partial charge on any atom is -0.497 e. The Morgan fingerprint density at radius 3 is 2.50 bits per heavy atom. The fourth-order valence-corrected chi connectivity index (χ4v) is 2.92. The molecule has 0 aromatic heterocycles. The van der Waals surface area contributed by atoms with Gasteiger partial charge in [-0.25, -0.2) is 0 Å². The van der Waals surface area contributed by atoms with Crippen LogP contribution < -0.4 is 15.4 Å². The fraction of sp³-hybridized carbons (Fsp3) is 0.235. The molecule has 0 unspecified atom stereocenters. The maximum atomic E-state index is 5.28. The van der Waals surface area contributed by atoms with Crippen molar-refractivity contribution in [1.29, 1.82) is 0 Å². The van der Waals surface area contributed by atoms with Crippen LogP contribution in [0.3, 0.4) is 0 Å². The van der Waals surface area contributed by atoms with Gasteiger partial charge in [-0.1, -0.05) is 18.2 Å². The molecule has 0 aliphatic carbocycles. The van der Waals surface area contributed by atoms with Gasteiger partial charge in [-0.3, -0.25) is 0 Å². The fourth-order valence-electron chi connectivity index (χ4n) is 1.83. The summed E-state index contributed by atoms with van der Waals surface area (Å²) < 4.78 is 5.12. The normalized spacial score (nSPS) is 10.0. The standard InChI is InChI=1S/C17H20N2OS2/c1-20-15-10-8-14(9-11-15)19-17(21)18-12-5-13-22-16-6-3-2-4-7-16/h2-4,6-11H,5,12-13H2,1H3,(H2,18,19,21). The van der Waals surface area contributed by atoms with E-state index in [2.05, 4.69) is 34.9 Å². The van der Waals surface area contributed by atoms with Crippen LogP contribution in [0, 0.1) is 0 Å². The Morgan fingerprint density at radius 2 is 1.82 bits per heavy atom. The summed E-state index contributed by atoms with van der Waals surface area (Å²) in [5, 5.41) is 7.03. The predicted molar refractivity (Wildman–Crippen MR) is 99.0 cm³/mol. The van der Waals surface area contributed by atoms with Gasteiger partial charge in [0.25, 0.3) is 0 Å². The molecule has 22 heavy (non-hydrogen) atoms. The smallest absolute Gasteiger partial charge is 0.170 e. The largest absolute Gasteiger partial charge is 0.497 e. The molecule has 0 bridgehead atoms. The lowest BCUT2D eigenvalue weighted by Gasteiger charge is -2.10. The summed E-state index contributed by atoms with van der Waals surface area (Å²) in [6.07, 6.45) is 1.06. The van der Waals surface area contributed by atoms with E-state index < -0.39 is 0 Å². The van der Waals surface area contributed by atoms with Crippen LogP contribution in [0.2, 0.25) is 0 Å². The van der Waals surface area contributed by atoms with Crippen LogP contribution in [0.4, 0.5) is 5.69 Å². The Balaban J connectivity index is 1.61. The highest BCUT2D eigenvalue weighted by Gasteiger charge is 1.98. The topological polar surface area (TPSA) is 33.3 Å². The van der Waals surface area contributed by atoms with E-state index in [0.29, 0.717) is 5.11 Å². The zero-order valence-corrected chi connectivity index (χ0v) is 14.2. The van der Waals surface area contributed by atoms with Crippen molar-refractivity contribution in [3.8, 4) is 5.75 Å². The molecule has 0 heterocycles. The second kappa shape index (κ2) is 9.33. The van der Waals surface area contributed by atoms with Crippen LogP contribution in [0.1, 0.15) is 6.42 Å². The molecule has 0 saturated heterocycles. The van der Waals surface area contributed by atoms with Crippen LogP contribution in [0.15, 0.2) is 59.5 Å². The number of hydrogen-bond acceptors (Lipinski definition) is 3. The summed E-state index contributed by atoms with van der Waals surface area (Å²) in [5.41, 5.74) is 0.956. The zero-order chi connectivity index (χ0) is 15.6. The molecule has 5 heteroatoms. The quantitative estimate of drug-likeness (QED) is 0.452. The van der Waals surface area contributed by atoms with Crippen molar-refractivity contribution < 1.29 is 4.74 Å². The van der Waals surface area contributed by atoms with Crippen molar-refractivity contribution >= 4 is 34.8 Å². The average molecular weight is 332 g/mol. The van der Waals surface area contributed by atoms with Crippen molar-refractivity contribution in [3.05, 3.63) is 54.6 Å². The number of thiocarbonyl (C=S) groups is 1. The molecule has 0 aliphatic heterocycles. The maximum Gasteiger partial charge on any atom is 0.170 e. The number of rotatable bonds is 7. The molecule has 0 amide bonds. The first-order valence-corrected chi connectivity index (χ1v) is 8.54. The molecule has 116 valence electrons. The minimum absolute atomic E-state index is 0.648. The third-order valence-electron chi connectivity index (χ3n) is 2.97. The summed E-state index contributed by atoms with van der Waals surface area (Å²) in [6.45, 7) is 0.863. The highest BCUT2D eigenvalue weighted by molar-refractivity contribution is 7.99. The first-order chi connectivity index (χ1) is 10.8. The molecule has 2 aromatic rings. The van der Waals surface area contributed by atoms with E-state index in [4.69, 9.17) is 17.0 Å². The third kappa shape index (κ3) is 5.95. The average Bonchev–Trinajstić information content (AvgIpc) is 2.56. The molecule has 0 aliphatic rings. The highest BCUT2D eigenvalue weighted by atomic mass is 32.2. The van der Waals surface area contributed by atoms with Gasteiger partial charge in [-0.2, -0.15) is 0 Å². The van der Waals surface area contributed by atoms with Gasteiger partial charge in [-0.15, -0.1) is 11.8 Å². The molecular formula is C17H20N2OS2. The molecule has 0 fully saturated rings. The SMILES string of the molecule is COc1ccc(NC(=S)NCCCSc2ccccc2)cc1. The Kier molecular flexibility index (Phi) is 7.06. The van der Waals surface area contributed by atoms with Gasteiger partial charge in [-0.05, 0) is 60.8 Å². The Bertz CT molecular complexity index is 573. The van der Waals surface area contributed by atoms with Crippen LogP contribution in [-0.4, -0.2) is 24.5 Å². The van der Waals surface area contributed by atoms with E-state index in [1.54, 1.807) is 7.11 Å². The Hall–Kier alpha value is -1.72. The van der Waals surface area contributed by atoms with Gasteiger partial charge in [0.1, 0.15) is 5.75 Å². The van der Waals surface area contributed by atoms with Gasteiger partial charge < -0.3 is 15.4 Å². The van der Waals surface area contributed by atoms with Gasteiger partial charge in [0.2, 0.25) is 0 Å². The lowest BCUT2D eigenvalue weighted by Crippen LogP contribution is -2.29. The number of ether oxygens (including phenoxy) is 1. The predicted octanol–water partition coefficient (Wildman–Crippen LogP) is 4.16. The highest BCUT2D eigenvalue weighted by Crippen LogP contribution is 2.17. The molecule has 0 saturated carbocycles. The number of hydrogen-bond donors (Lipinski definition) is 2. The van der Waals surface area contributed by atoms with Gasteiger partial charge >= 0.3 is 0 Å². The molecule has 3 nitrogen and oxygen atoms in total. The third-order valence-corrected chi connectivity index (χ3v) is 4.31. The van der Waals surface area contributed by atoms with E-state index >= 15 is 0 Å². The molecule has 2 rings (SSSR count). The van der Waals surface area contributed by atoms with Crippen LogP contribution >= 0.6 is 24.0 Å². The molecule has 2 N–H and O–H groups in total. The molecule has 0 spiro atoms. The van der Waals surface area contributed by atoms with Gasteiger partial charge in [0.15, 0.2) is 5.11 Å². The molecule has 0 atom stereocenters. The molecular weight excluding hydrogens is 312 g/mol. The summed E-state index contributed by atoms with van der Waals surface area (Å²) in [4.78, 5) is 1.31. The molecule has 0 radical (unpaired) electrons. The second-order valence-electron chi connectivity index (χ2n) is 4.62. The summed E-state index contributed by atoms with van der Waals surface area (Å²) in [6, 6.07) is 18.1. The van der Waals surface area contributed by atoms with E-state index in [1.165, 1.54) is 4.90 Å². The van der Waals surface area contributed by atoms with Crippen LogP contribution in [0.5, 0.6) is 5.75 Å². The van der Waals surface area contributed by atoms with Crippen molar-refractivity contribution in [2.24, 2.45) is 0 Å². The zero-order valence-electron chi connectivity index (χ0n) is 12.5. The van der Waals surface area contributed by atoms with Crippen molar-refractivity contribution in [1.82, 2.24) is 5.32 Å². The Morgan fingerprint density at radius 1 is 1.09 bits per heavy atom. The van der Waals surface area contributed by atoms with Crippen molar-refractivity contribution in [2.45, 2.75) is 11.3 Å². The van der Waals surface area contributed by atoms with Gasteiger partial charge in [0.05, 0.1) is 7.11 Å². The number of methoxy groups -OCH3 is 1. The van der Waals surface area contributed by atoms with E-state index in [-0.39, 0.29) is 0 Å². The van der Waals surface area contributed by atoms with E-state index in [1.807, 2.05) is 42.1 Å². The van der Waals surface area contributed by atoms with Gasteiger partial charge in [0, 0.05) is 17.1 Å². The first kappa shape index (κ1) is 16.6. The first-order valence-electron chi connectivity index (χ1n) is 7.14. The lowest BCUT2D eigenvalue weighted by molar-refractivity contribution is 0.415. The number of anilines is 1. The maximum absolute atomic E-state index is 5.28. The summed E-state index contributed by atoms with van der Waals surface area (Å²) >= 11 is 7.14. The second-order valence-corrected chi connectivity index (χ2v) is 6.20. The van der Waals surface area contributed by atoms with Crippen molar-refractivity contribution in [3.63, 3.8) is 0 Å². The molecule has 2 aromatic carbocycles. The Labute approximate surface area is 141 Å². The minimum atomic E-state index is 0.648. The summed E-state index contributed by atoms with van der Waals surface area (Å²) in [7, 11) is 1.65. The number of thioether (sulfide) groups is 1. The van der Waals surface area contributed by atoms with Crippen LogP contribution in [0.25, 0.3) is 0 Å². The van der Waals surface area contributed by atoms with E-state index in [0.717, 1.165) is 30.2 Å². The number of nitrogens with one attached hydrogen (secondary N) is 2. The monoisotopic (exact) mass is 332 g/mol. The number of benzene rings is 2. The van der Waals surface area contributed by atoms with E-state index in [9.17, 15) is 0 Å². The van der Waals surface area contributed by atoms with Crippen molar-refractivity contribution in [2.75, 3.05) is 24.7 Å². The summed E-state index contributed by atoms with van der Waals surface area (Å²) in [5.74, 6) is 1.91. The lowest BCUT2D eigenvalue weighted by atomic mass is 10.3.